The molecule has 0 spiro atoms. The number of piperidine rings is 1. The van der Waals surface area contributed by atoms with Crippen LogP contribution < -0.4 is 4.74 Å². The summed E-state index contributed by atoms with van der Waals surface area (Å²) in [6.07, 6.45) is 2.82. The Bertz CT molecular complexity index is 933. The van der Waals surface area contributed by atoms with Gasteiger partial charge in [-0.15, -0.1) is 0 Å². The van der Waals surface area contributed by atoms with Crippen LogP contribution in [-0.4, -0.2) is 59.0 Å². The minimum atomic E-state index is -0.0703. The first-order chi connectivity index (χ1) is 13.5. The molecular formula is C22H29N3O3. The lowest BCUT2D eigenvalue weighted by Crippen LogP contribution is -2.48. The van der Waals surface area contributed by atoms with Crippen molar-refractivity contribution in [1.29, 1.82) is 0 Å². The molecule has 28 heavy (non-hydrogen) atoms. The number of carbonyl (C=O) groups excluding carboxylic acids is 2. The highest BCUT2D eigenvalue weighted by atomic mass is 16.5. The van der Waals surface area contributed by atoms with E-state index in [1.807, 2.05) is 42.0 Å². The molecule has 2 bridgehead atoms. The second kappa shape index (κ2) is 7.15. The van der Waals surface area contributed by atoms with Crippen molar-refractivity contribution < 1.29 is 14.3 Å². The molecule has 0 aliphatic carbocycles. The maximum atomic E-state index is 13.6. The summed E-state index contributed by atoms with van der Waals surface area (Å²) in [4.78, 5) is 30.4. The quantitative estimate of drug-likeness (QED) is 0.816. The van der Waals surface area contributed by atoms with Gasteiger partial charge in [0.2, 0.25) is 5.91 Å². The Morgan fingerprint density at radius 1 is 1.25 bits per heavy atom. The highest BCUT2D eigenvalue weighted by Gasteiger charge is 2.42. The molecule has 2 atom stereocenters. The summed E-state index contributed by atoms with van der Waals surface area (Å²) in [5, 5.41) is 0.915. The van der Waals surface area contributed by atoms with E-state index in [2.05, 4.69) is 11.5 Å². The zero-order valence-electron chi connectivity index (χ0n) is 17.2. The summed E-state index contributed by atoms with van der Waals surface area (Å²) in [5.41, 5.74) is 2.69. The lowest BCUT2D eigenvalue weighted by atomic mass is 9.94. The number of hydrogen-bond donors (Lipinski definition) is 0. The third-order valence-electron chi connectivity index (χ3n) is 6.46. The van der Waals surface area contributed by atoms with Crippen LogP contribution in [0.3, 0.4) is 0 Å². The fourth-order valence-corrected chi connectivity index (χ4v) is 4.85. The fraction of sp³-hybridized carbons (Fsp3) is 0.545. The molecule has 3 aliphatic heterocycles. The van der Waals surface area contributed by atoms with E-state index >= 15 is 0 Å². The number of aromatic nitrogens is 1. The van der Waals surface area contributed by atoms with Gasteiger partial charge in [-0.25, -0.2) is 0 Å². The standard InChI is InChI=1S/C22H29N3O3/c1-5-10-25-16-7-6-15(21(25)26)12-24(13-16)22(27)20-14(2)23(3)19-9-8-17(28-4)11-18(19)20/h8-9,11,15-16H,5-7,10,12-13H2,1-4H3/t15-,16+/m0/s1. The smallest absolute Gasteiger partial charge is 0.256 e. The van der Waals surface area contributed by atoms with Crippen molar-refractivity contribution in [2.75, 3.05) is 26.7 Å². The van der Waals surface area contributed by atoms with Crippen LogP contribution in [0, 0.1) is 12.8 Å². The van der Waals surface area contributed by atoms with E-state index in [4.69, 9.17) is 4.74 Å². The maximum absolute atomic E-state index is 13.6. The van der Waals surface area contributed by atoms with Gasteiger partial charge >= 0.3 is 0 Å². The van der Waals surface area contributed by atoms with Crippen LogP contribution in [0.15, 0.2) is 18.2 Å². The van der Waals surface area contributed by atoms with E-state index in [0.29, 0.717) is 13.1 Å². The number of ether oxygens (including phenoxy) is 1. The van der Waals surface area contributed by atoms with Crippen LogP contribution >= 0.6 is 0 Å². The number of methoxy groups -OCH3 is 1. The van der Waals surface area contributed by atoms with E-state index in [1.165, 1.54) is 0 Å². The third kappa shape index (κ3) is 2.86. The second-order valence-electron chi connectivity index (χ2n) is 8.07. The lowest BCUT2D eigenvalue weighted by Gasteiger charge is -2.35. The van der Waals surface area contributed by atoms with Crippen LogP contribution in [0.2, 0.25) is 0 Å². The molecule has 1 aromatic heterocycles. The first-order valence-electron chi connectivity index (χ1n) is 10.2. The van der Waals surface area contributed by atoms with Crippen molar-refractivity contribution in [3.63, 3.8) is 0 Å². The van der Waals surface area contributed by atoms with Gasteiger partial charge in [-0.1, -0.05) is 6.92 Å². The number of benzene rings is 1. The van der Waals surface area contributed by atoms with Crippen LogP contribution in [-0.2, 0) is 11.8 Å². The fourth-order valence-electron chi connectivity index (χ4n) is 4.85. The molecule has 6 heteroatoms. The summed E-state index contributed by atoms with van der Waals surface area (Å²) in [7, 11) is 3.62. The van der Waals surface area contributed by atoms with Gasteiger partial charge in [0.05, 0.1) is 18.6 Å². The third-order valence-corrected chi connectivity index (χ3v) is 6.46. The van der Waals surface area contributed by atoms with Crippen molar-refractivity contribution in [2.24, 2.45) is 13.0 Å². The molecule has 0 unspecified atom stereocenters. The predicted molar refractivity (Wildman–Crippen MR) is 109 cm³/mol. The molecule has 0 saturated carbocycles. The Balaban J connectivity index is 1.72. The normalized spacial score (nSPS) is 22.1. The molecule has 0 radical (unpaired) electrons. The summed E-state index contributed by atoms with van der Waals surface area (Å²) in [5.74, 6) is 0.926. The molecule has 0 N–H and O–H groups in total. The number of amides is 2. The monoisotopic (exact) mass is 383 g/mol. The number of hydrogen-bond acceptors (Lipinski definition) is 3. The van der Waals surface area contributed by atoms with Gasteiger partial charge in [0.15, 0.2) is 0 Å². The Morgan fingerprint density at radius 3 is 2.75 bits per heavy atom. The van der Waals surface area contributed by atoms with E-state index < -0.39 is 0 Å². The van der Waals surface area contributed by atoms with E-state index in [0.717, 1.165) is 53.7 Å². The highest BCUT2D eigenvalue weighted by molar-refractivity contribution is 6.09. The molecule has 2 aromatic rings. The van der Waals surface area contributed by atoms with Crippen molar-refractivity contribution in [2.45, 2.75) is 39.2 Å². The molecule has 3 fully saturated rings. The molecule has 4 heterocycles. The molecule has 3 saturated heterocycles. The zero-order valence-corrected chi connectivity index (χ0v) is 17.2. The van der Waals surface area contributed by atoms with E-state index in [9.17, 15) is 9.59 Å². The number of rotatable bonds is 4. The average Bonchev–Trinajstić information content (AvgIpc) is 2.86. The molecule has 2 amide bonds. The van der Waals surface area contributed by atoms with Crippen LogP contribution in [0.25, 0.3) is 10.9 Å². The van der Waals surface area contributed by atoms with Crippen LogP contribution in [0.5, 0.6) is 5.75 Å². The average molecular weight is 383 g/mol. The Morgan fingerprint density at radius 2 is 2.04 bits per heavy atom. The molecule has 3 aliphatic rings. The summed E-state index contributed by atoms with van der Waals surface area (Å²) in [6.45, 7) is 6.02. The van der Waals surface area contributed by atoms with Crippen molar-refractivity contribution >= 4 is 22.7 Å². The Hall–Kier alpha value is -2.50. The minimum Gasteiger partial charge on any atom is -0.497 e. The van der Waals surface area contributed by atoms with Crippen LogP contribution in [0.4, 0.5) is 0 Å². The van der Waals surface area contributed by atoms with Gasteiger partial charge in [0, 0.05) is 49.3 Å². The predicted octanol–water partition coefficient (Wildman–Crippen LogP) is 2.97. The number of nitrogens with zero attached hydrogens (tertiary/aromatic N) is 3. The number of carbonyl (C=O) groups is 2. The molecule has 5 rings (SSSR count). The Labute approximate surface area is 166 Å². The van der Waals surface area contributed by atoms with E-state index in [-0.39, 0.29) is 23.8 Å². The zero-order chi connectivity index (χ0) is 20.0. The molecule has 150 valence electrons. The molecule has 6 nitrogen and oxygen atoms in total. The summed E-state index contributed by atoms with van der Waals surface area (Å²) in [6, 6.07) is 6.00. The molecular weight excluding hydrogens is 354 g/mol. The van der Waals surface area contributed by atoms with E-state index in [1.54, 1.807) is 7.11 Å². The number of aryl methyl sites for hydroxylation is 1. The van der Waals surface area contributed by atoms with Gasteiger partial charge in [0.1, 0.15) is 5.75 Å². The van der Waals surface area contributed by atoms with Gasteiger partial charge in [-0.2, -0.15) is 0 Å². The minimum absolute atomic E-state index is 0.0272. The largest absolute Gasteiger partial charge is 0.497 e. The van der Waals surface area contributed by atoms with Gasteiger partial charge in [-0.3, -0.25) is 9.59 Å². The first kappa shape index (κ1) is 18.8. The van der Waals surface area contributed by atoms with Crippen molar-refractivity contribution in [3.8, 4) is 5.75 Å². The topological polar surface area (TPSA) is 54.8 Å². The van der Waals surface area contributed by atoms with Crippen LogP contribution in [0.1, 0.15) is 42.2 Å². The maximum Gasteiger partial charge on any atom is 0.256 e. The van der Waals surface area contributed by atoms with Gasteiger partial charge in [-0.05, 0) is 44.4 Å². The lowest BCUT2D eigenvalue weighted by molar-refractivity contribution is -0.139. The van der Waals surface area contributed by atoms with Crippen molar-refractivity contribution in [1.82, 2.24) is 14.4 Å². The van der Waals surface area contributed by atoms with Gasteiger partial charge < -0.3 is 19.1 Å². The second-order valence-corrected chi connectivity index (χ2v) is 8.07. The SMILES string of the molecule is CCCN1C(=O)[C@H]2CC[C@@H]1CN(C(=O)c1c(C)n(C)c3ccc(OC)cc13)C2. The summed E-state index contributed by atoms with van der Waals surface area (Å²) >= 11 is 0. The summed E-state index contributed by atoms with van der Waals surface area (Å²) < 4.78 is 7.44. The highest BCUT2D eigenvalue weighted by Crippen LogP contribution is 2.33. The van der Waals surface area contributed by atoms with Crippen molar-refractivity contribution in [3.05, 3.63) is 29.5 Å². The molecule has 1 aromatic carbocycles. The first-order valence-corrected chi connectivity index (χ1v) is 10.2. The number of fused-ring (bicyclic) bond motifs is 5. The Kier molecular flexibility index (Phi) is 4.81. The van der Waals surface area contributed by atoms with Gasteiger partial charge in [0.25, 0.3) is 5.91 Å².